The molecule has 2 aromatic heterocycles. The molecular weight excluding hydrogens is 430 g/mol. The summed E-state index contributed by atoms with van der Waals surface area (Å²) in [5.41, 5.74) is 2.01. The van der Waals surface area contributed by atoms with Gasteiger partial charge in [0.25, 0.3) is 0 Å². The molecular formula is C19H19N3O4S3. The predicted octanol–water partition coefficient (Wildman–Crippen LogP) is 3.50. The Morgan fingerprint density at radius 2 is 2.10 bits per heavy atom. The van der Waals surface area contributed by atoms with Gasteiger partial charge in [0.05, 0.1) is 29.8 Å². The number of hydrogen-bond donors (Lipinski definition) is 2. The lowest BCUT2D eigenvalue weighted by Crippen LogP contribution is -2.26. The highest BCUT2D eigenvalue weighted by atomic mass is 32.2. The third-order valence-corrected chi connectivity index (χ3v) is 7.46. The zero-order chi connectivity index (χ0) is 20.4. The van der Waals surface area contributed by atoms with Crippen LogP contribution < -0.4 is 14.8 Å². The minimum absolute atomic E-state index is 0.00207. The molecule has 0 bridgehead atoms. The number of carbonyl (C=O) groups is 1. The highest BCUT2D eigenvalue weighted by Crippen LogP contribution is 2.30. The topological polar surface area (TPSA) is 97.4 Å². The lowest BCUT2D eigenvalue weighted by atomic mass is 10.2. The van der Waals surface area contributed by atoms with Crippen LogP contribution in [-0.4, -0.2) is 32.5 Å². The first-order valence-electron chi connectivity index (χ1n) is 8.92. The quantitative estimate of drug-likeness (QED) is 0.549. The molecule has 0 spiro atoms. The third-order valence-electron chi connectivity index (χ3n) is 4.32. The first-order valence-corrected chi connectivity index (χ1v) is 12.2. The Bertz CT molecular complexity index is 1120. The van der Waals surface area contributed by atoms with E-state index in [9.17, 15) is 13.2 Å². The number of rotatable bonds is 8. The maximum absolute atomic E-state index is 12.5. The molecule has 1 aromatic carbocycles. The fourth-order valence-electron chi connectivity index (χ4n) is 2.71. The molecule has 3 aromatic rings. The van der Waals surface area contributed by atoms with Gasteiger partial charge in [0.2, 0.25) is 15.9 Å². The number of anilines is 1. The van der Waals surface area contributed by atoms with E-state index in [2.05, 4.69) is 15.0 Å². The van der Waals surface area contributed by atoms with Gasteiger partial charge >= 0.3 is 0 Å². The molecule has 0 radical (unpaired) electrons. The second-order valence-electron chi connectivity index (χ2n) is 6.64. The van der Waals surface area contributed by atoms with E-state index in [1.807, 2.05) is 22.2 Å². The van der Waals surface area contributed by atoms with E-state index in [1.54, 1.807) is 11.3 Å². The Morgan fingerprint density at radius 3 is 2.79 bits per heavy atom. The van der Waals surface area contributed by atoms with Gasteiger partial charge in [0.1, 0.15) is 10.8 Å². The summed E-state index contributed by atoms with van der Waals surface area (Å²) in [6.07, 6.45) is 1.78. The van der Waals surface area contributed by atoms with E-state index in [4.69, 9.17) is 4.74 Å². The van der Waals surface area contributed by atoms with Crippen molar-refractivity contribution in [2.75, 3.05) is 12.4 Å². The zero-order valence-corrected chi connectivity index (χ0v) is 18.0. The van der Waals surface area contributed by atoms with Gasteiger partial charge in [-0.25, -0.2) is 18.1 Å². The molecule has 1 amide bonds. The van der Waals surface area contributed by atoms with Crippen LogP contribution in [0.1, 0.15) is 18.5 Å². The molecule has 0 aliphatic heterocycles. The summed E-state index contributed by atoms with van der Waals surface area (Å²) in [4.78, 5) is 17.1. The van der Waals surface area contributed by atoms with Crippen LogP contribution in [0.5, 0.6) is 5.75 Å². The van der Waals surface area contributed by atoms with Crippen LogP contribution in [0.2, 0.25) is 0 Å². The van der Waals surface area contributed by atoms with E-state index in [0.717, 1.165) is 23.4 Å². The summed E-state index contributed by atoms with van der Waals surface area (Å²) >= 11 is 3.08. The fraction of sp³-hybridized carbons (Fsp3) is 0.263. The van der Waals surface area contributed by atoms with E-state index in [-0.39, 0.29) is 23.3 Å². The van der Waals surface area contributed by atoms with Crippen LogP contribution in [0.4, 0.5) is 5.69 Å². The Balaban J connectivity index is 1.49. The van der Waals surface area contributed by atoms with Gasteiger partial charge < -0.3 is 10.1 Å². The van der Waals surface area contributed by atoms with Crippen LogP contribution in [-0.2, 0) is 21.2 Å². The second kappa shape index (κ2) is 8.23. The van der Waals surface area contributed by atoms with Gasteiger partial charge in [0.15, 0.2) is 0 Å². The number of sulfonamides is 1. The summed E-state index contributed by atoms with van der Waals surface area (Å²) in [6, 6.07) is 6.41. The van der Waals surface area contributed by atoms with Crippen LogP contribution in [0.25, 0.3) is 10.6 Å². The number of benzene rings is 1. The molecule has 29 heavy (non-hydrogen) atoms. The van der Waals surface area contributed by atoms with Crippen LogP contribution in [0.15, 0.2) is 45.3 Å². The lowest BCUT2D eigenvalue weighted by Gasteiger charge is -2.12. The number of nitrogens with zero attached hydrogens (tertiary/aromatic N) is 1. The van der Waals surface area contributed by atoms with Crippen molar-refractivity contribution < 1.29 is 17.9 Å². The Kier molecular flexibility index (Phi) is 5.68. The summed E-state index contributed by atoms with van der Waals surface area (Å²) in [7, 11) is -2.16. The number of methoxy groups -OCH3 is 1. The van der Waals surface area contributed by atoms with Crippen LogP contribution >= 0.6 is 22.7 Å². The molecule has 7 nitrogen and oxygen atoms in total. The number of hydrogen-bond acceptors (Lipinski definition) is 7. The van der Waals surface area contributed by atoms with Gasteiger partial charge in [-0.05, 0) is 42.5 Å². The van der Waals surface area contributed by atoms with Gasteiger partial charge in [-0.1, -0.05) is 0 Å². The monoisotopic (exact) mass is 449 g/mol. The van der Waals surface area contributed by atoms with E-state index < -0.39 is 10.0 Å². The molecule has 10 heteroatoms. The summed E-state index contributed by atoms with van der Waals surface area (Å²) < 4.78 is 32.8. The smallest absolute Gasteiger partial charge is 0.240 e. The number of carbonyl (C=O) groups excluding carboxylic acids is 1. The maximum atomic E-state index is 12.5. The van der Waals surface area contributed by atoms with Gasteiger partial charge in [-0.3, -0.25) is 4.79 Å². The Hall–Kier alpha value is -2.27. The fourth-order valence-corrected chi connectivity index (χ4v) is 5.57. The maximum Gasteiger partial charge on any atom is 0.240 e. The molecule has 0 unspecified atom stereocenters. The van der Waals surface area contributed by atoms with Crippen molar-refractivity contribution in [1.29, 1.82) is 0 Å². The molecule has 1 saturated carbocycles. The standard InChI is InChI=1S/C19H19N3O4S3/c1-26-17-5-4-15(29(24,25)22-13-2-3-13)9-16(17)21-18(23)8-14-11-28-19(20-14)12-6-7-27-10-12/h4-7,9-11,13,22H,2-3,8H2,1H3,(H,21,23). The molecule has 2 heterocycles. The number of ether oxygens (including phenoxy) is 1. The second-order valence-corrected chi connectivity index (χ2v) is 9.99. The van der Waals surface area contributed by atoms with Crippen molar-refractivity contribution in [2.45, 2.75) is 30.2 Å². The first kappa shape index (κ1) is 20.0. The molecule has 152 valence electrons. The average molecular weight is 450 g/mol. The zero-order valence-electron chi connectivity index (χ0n) is 15.5. The van der Waals surface area contributed by atoms with Crippen LogP contribution in [0, 0.1) is 0 Å². The van der Waals surface area contributed by atoms with Crippen molar-refractivity contribution in [3.63, 3.8) is 0 Å². The molecule has 1 aliphatic rings. The number of thiazole rings is 1. The highest BCUT2D eigenvalue weighted by Gasteiger charge is 2.28. The molecule has 1 fully saturated rings. The Morgan fingerprint density at radius 1 is 1.28 bits per heavy atom. The number of thiophene rings is 1. The van der Waals surface area contributed by atoms with Gasteiger partial charge in [-0.15, -0.1) is 11.3 Å². The van der Waals surface area contributed by atoms with Crippen molar-refractivity contribution in [1.82, 2.24) is 9.71 Å². The third kappa shape index (κ3) is 4.84. The van der Waals surface area contributed by atoms with Crippen LogP contribution in [0.3, 0.4) is 0 Å². The molecule has 0 atom stereocenters. The first-order chi connectivity index (χ1) is 13.9. The lowest BCUT2D eigenvalue weighted by molar-refractivity contribution is -0.115. The minimum Gasteiger partial charge on any atom is -0.495 e. The molecule has 1 aliphatic carbocycles. The summed E-state index contributed by atoms with van der Waals surface area (Å²) in [5, 5.41) is 9.45. The van der Waals surface area contributed by atoms with Crippen molar-refractivity contribution in [3.8, 4) is 16.3 Å². The van der Waals surface area contributed by atoms with E-state index in [0.29, 0.717) is 17.1 Å². The molecule has 4 rings (SSSR count). The molecule has 0 saturated heterocycles. The van der Waals surface area contributed by atoms with Gasteiger partial charge in [-0.2, -0.15) is 11.3 Å². The van der Waals surface area contributed by atoms with Crippen molar-refractivity contribution in [2.24, 2.45) is 0 Å². The molecule has 2 N–H and O–H groups in total. The average Bonchev–Trinajstić information content (AvgIpc) is 3.14. The normalized spacial score (nSPS) is 14.0. The van der Waals surface area contributed by atoms with E-state index >= 15 is 0 Å². The van der Waals surface area contributed by atoms with Gasteiger partial charge in [0, 0.05) is 22.4 Å². The summed E-state index contributed by atoms with van der Waals surface area (Å²) in [5.74, 6) is 0.0936. The number of amides is 1. The largest absolute Gasteiger partial charge is 0.495 e. The van der Waals surface area contributed by atoms with Crippen molar-refractivity contribution >= 4 is 44.3 Å². The van der Waals surface area contributed by atoms with Crippen molar-refractivity contribution in [3.05, 3.63) is 46.1 Å². The SMILES string of the molecule is COc1ccc(S(=O)(=O)NC2CC2)cc1NC(=O)Cc1csc(-c2ccsc2)n1. The predicted molar refractivity (Wildman–Crippen MR) is 114 cm³/mol. The summed E-state index contributed by atoms with van der Waals surface area (Å²) in [6.45, 7) is 0. The Labute approximate surface area is 176 Å². The minimum atomic E-state index is -3.63. The number of aromatic nitrogens is 1. The van der Waals surface area contributed by atoms with E-state index in [1.165, 1.54) is 36.6 Å². The highest BCUT2D eigenvalue weighted by molar-refractivity contribution is 7.89. The number of nitrogens with one attached hydrogen (secondary N) is 2.